The van der Waals surface area contributed by atoms with E-state index in [4.69, 9.17) is 5.73 Å². The Morgan fingerprint density at radius 3 is 2.46 bits per heavy atom. The monoisotopic (exact) mass is 350 g/mol. The Hall–Kier alpha value is -1.47. The fourth-order valence-electron chi connectivity index (χ4n) is 3.55. The van der Waals surface area contributed by atoms with Crippen LogP contribution < -0.4 is 5.73 Å². The van der Waals surface area contributed by atoms with Crippen molar-refractivity contribution in [1.82, 2.24) is 14.8 Å². The molecule has 2 amide bonds. The van der Waals surface area contributed by atoms with E-state index in [0.717, 1.165) is 17.8 Å². The lowest BCUT2D eigenvalue weighted by Gasteiger charge is -2.36. The molecule has 0 aromatic carbocycles. The Balaban J connectivity index is 1.52. The van der Waals surface area contributed by atoms with Crippen LogP contribution in [0, 0.1) is 5.92 Å². The van der Waals surface area contributed by atoms with Crippen LogP contribution in [0.1, 0.15) is 47.6 Å². The lowest BCUT2D eigenvalue weighted by atomic mass is 9.88. The summed E-state index contributed by atoms with van der Waals surface area (Å²) in [6, 6.07) is 0. The Kier molecular flexibility index (Phi) is 5.84. The van der Waals surface area contributed by atoms with Gasteiger partial charge in [-0.15, -0.1) is 11.3 Å². The van der Waals surface area contributed by atoms with Crippen molar-refractivity contribution in [2.24, 2.45) is 11.7 Å². The molecule has 3 rings (SSSR count). The lowest BCUT2D eigenvalue weighted by Crippen LogP contribution is -2.52. The second-order valence-electron chi connectivity index (χ2n) is 6.62. The zero-order valence-electron chi connectivity index (χ0n) is 14.1. The third-order valence-corrected chi connectivity index (χ3v) is 5.87. The molecule has 0 radical (unpaired) electrons. The first-order chi connectivity index (χ1) is 11.7. The molecule has 2 aliphatic rings. The second kappa shape index (κ2) is 8.07. The smallest absolute Gasteiger partial charge is 0.273 e. The van der Waals surface area contributed by atoms with Gasteiger partial charge < -0.3 is 15.5 Å². The van der Waals surface area contributed by atoms with Crippen LogP contribution in [0.25, 0.3) is 0 Å². The zero-order chi connectivity index (χ0) is 16.9. The van der Waals surface area contributed by atoms with Crippen molar-refractivity contribution in [2.45, 2.75) is 38.5 Å². The largest absolute Gasteiger partial charge is 0.339 e. The van der Waals surface area contributed by atoms with Crippen LogP contribution in [-0.2, 0) is 11.2 Å². The highest BCUT2D eigenvalue weighted by Crippen LogP contribution is 2.26. The van der Waals surface area contributed by atoms with E-state index in [9.17, 15) is 9.59 Å². The van der Waals surface area contributed by atoms with Crippen molar-refractivity contribution in [3.63, 3.8) is 0 Å². The number of thiazole rings is 1. The predicted molar refractivity (Wildman–Crippen MR) is 93.9 cm³/mol. The van der Waals surface area contributed by atoms with Crippen LogP contribution in [0.2, 0.25) is 0 Å². The Labute approximate surface area is 147 Å². The van der Waals surface area contributed by atoms with Crippen LogP contribution in [0.15, 0.2) is 5.38 Å². The SMILES string of the molecule is NCCc1nc(C(=O)N2CCN(C(=O)C3CCCCC3)CC2)cs1. The first-order valence-electron chi connectivity index (χ1n) is 8.91. The van der Waals surface area contributed by atoms with Crippen molar-refractivity contribution in [1.29, 1.82) is 0 Å². The number of nitrogens with zero attached hydrogens (tertiary/aromatic N) is 3. The minimum Gasteiger partial charge on any atom is -0.339 e. The normalized spacial score (nSPS) is 19.5. The van der Waals surface area contributed by atoms with E-state index in [1.165, 1.54) is 30.6 Å². The molecule has 0 bridgehead atoms. The molecule has 0 atom stereocenters. The number of amides is 2. The first kappa shape index (κ1) is 17.4. The molecule has 0 spiro atoms. The van der Waals surface area contributed by atoms with Gasteiger partial charge in [-0.05, 0) is 19.4 Å². The third kappa shape index (κ3) is 3.95. The summed E-state index contributed by atoms with van der Waals surface area (Å²) in [5.41, 5.74) is 6.04. The quantitative estimate of drug-likeness (QED) is 0.893. The maximum atomic E-state index is 12.6. The number of hydrogen-bond donors (Lipinski definition) is 1. The summed E-state index contributed by atoms with van der Waals surface area (Å²) in [7, 11) is 0. The van der Waals surface area contributed by atoms with Crippen molar-refractivity contribution < 1.29 is 9.59 Å². The van der Waals surface area contributed by atoms with Gasteiger partial charge in [-0.2, -0.15) is 0 Å². The molecule has 1 saturated carbocycles. The van der Waals surface area contributed by atoms with Crippen molar-refractivity contribution in [3.05, 3.63) is 16.1 Å². The summed E-state index contributed by atoms with van der Waals surface area (Å²) in [6.45, 7) is 3.02. The molecule has 7 heteroatoms. The zero-order valence-corrected chi connectivity index (χ0v) is 14.9. The average molecular weight is 350 g/mol. The first-order valence-corrected chi connectivity index (χ1v) is 9.79. The highest BCUT2D eigenvalue weighted by Gasteiger charge is 2.30. The molecule has 24 heavy (non-hydrogen) atoms. The fraction of sp³-hybridized carbons (Fsp3) is 0.706. The molecule has 1 aromatic rings. The van der Waals surface area contributed by atoms with E-state index in [1.54, 1.807) is 0 Å². The Morgan fingerprint density at radius 2 is 1.79 bits per heavy atom. The number of nitrogens with two attached hydrogens (primary N) is 1. The lowest BCUT2D eigenvalue weighted by molar-refractivity contribution is -0.138. The minimum atomic E-state index is -0.0284. The minimum absolute atomic E-state index is 0.0284. The molecule has 6 nitrogen and oxygen atoms in total. The predicted octanol–water partition coefficient (Wildman–Crippen LogP) is 1.51. The van der Waals surface area contributed by atoms with Gasteiger partial charge in [0, 0.05) is 43.9 Å². The number of carbonyl (C=O) groups excluding carboxylic acids is 2. The van der Waals surface area contributed by atoms with E-state index >= 15 is 0 Å². The van der Waals surface area contributed by atoms with E-state index < -0.39 is 0 Å². The molecule has 0 unspecified atom stereocenters. The van der Waals surface area contributed by atoms with Gasteiger partial charge >= 0.3 is 0 Å². The van der Waals surface area contributed by atoms with Gasteiger partial charge in [0.15, 0.2) is 0 Å². The molecule has 1 aliphatic carbocycles. The topological polar surface area (TPSA) is 79.5 Å². The molecule has 2 fully saturated rings. The summed E-state index contributed by atoms with van der Waals surface area (Å²) in [5, 5.41) is 2.72. The van der Waals surface area contributed by atoms with Crippen LogP contribution in [0.5, 0.6) is 0 Å². The number of hydrogen-bond acceptors (Lipinski definition) is 5. The molecule has 2 N–H and O–H groups in total. The third-order valence-electron chi connectivity index (χ3n) is 4.96. The number of piperazine rings is 1. The second-order valence-corrected chi connectivity index (χ2v) is 7.56. The van der Waals surface area contributed by atoms with Crippen LogP contribution in [-0.4, -0.2) is 59.3 Å². The van der Waals surface area contributed by atoms with E-state index in [0.29, 0.717) is 50.7 Å². The van der Waals surface area contributed by atoms with Gasteiger partial charge in [-0.25, -0.2) is 4.98 Å². The molecule has 1 aliphatic heterocycles. The number of aromatic nitrogens is 1. The number of carbonyl (C=O) groups is 2. The molecule has 2 heterocycles. The number of rotatable bonds is 4. The fourth-order valence-corrected chi connectivity index (χ4v) is 4.34. The molecule has 1 aromatic heterocycles. The summed E-state index contributed by atoms with van der Waals surface area (Å²) in [6.07, 6.45) is 6.36. The standard InChI is InChI=1S/C17H26N4O2S/c18-7-6-15-19-14(12-24-15)17(23)21-10-8-20(9-11-21)16(22)13-4-2-1-3-5-13/h12-13H,1-11,18H2. The van der Waals surface area contributed by atoms with Gasteiger partial charge in [0.25, 0.3) is 5.91 Å². The highest BCUT2D eigenvalue weighted by molar-refractivity contribution is 7.09. The van der Waals surface area contributed by atoms with Crippen molar-refractivity contribution >= 4 is 23.2 Å². The summed E-state index contributed by atoms with van der Waals surface area (Å²) in [5.74, 6) is 0.471. The average Bonchev–Trinajstić information content (AvgIpc) is 3.10. The van der Waals surface area contributed by atoms with Gasteiger partial charge in [0.1, 0.15) is 5.69 Å². The van der Waals surface area contributed by atoms with Gasteiger partial charge in [0.2, 0.25) is 5.91 Å². The maximum absolute atomic E-state index is 12.6. The van der Waals surface area contributed by atoms with E-state index in [1.807, 2.05) is 15.2 Å². The molecule has 1 saturated heterocycles. The molecule has 132 valence electrons. The maximum Gasteiger partial charge on any atom is 0.273 e. The van der Waals surface area contributed by atoms with Gasteiger partial charge in [0.05, 0.1) is 5.01 Å². The van der Waals surface area contributed by atoms with Crippen LogP contribution in [0.4, 0.5) is 0 Å². The molecular formula is C17H26N4O2S. The molecular weight excluding hydrogens is 324 g/mol. The van der Waals surface area contributed by atoms with E-state index in [-0.39, 0.29) is 11.8 Å². The van der Waals surface area contributed by atoms with Crippen LogP contribution in [0.3, 0.4) is 0 Å². The van der Waals surface area contributed by atoms with Crippen molar-refractivity contribution in [2.75, 3.05) is 32.7 Å². The summed E-state index contributed by atoms with van der Waals surface area (Å²) >= 11 is 1.49. The van der Waals surface area contributed by atoms with Gasteiger partial charge in [-0.3, -0.25) is 9.59 Å². The summed E-state index contributed by atoms with van der Waals surface area (Å²) in [4.78, 5) is 33.2. The Morgan fingerprint density at radius 1 is 1.12 bits per heavy atom. The van der Waals surface area contributed by atoms with E-state index in [2.05, 4.69) is 4.98 Å². The summed E-state index contributed by atoms with van der Waals surface area (Å²) < 4.78 is 0. The van der Waals surface area contributed by atoms with Gasteiger partial charge in [-0.1, -0.05) is 19.3 Å². The van der Waals surface area contributed by atoms with Crippen LogP contribution >= 0.6 is 11.3 Å². The van der Waals surface area contributed by atoms with Crippen molar-refractivity contribution in [3.8, 4) is 0 Å². The highest BCUT2D eigenvalue weighted by atomic mass is 32.1. The Bertz CT molecular complexity index is 575.